The van der Waals surface area contributed by atoms with Crippen molar-refractivity contribution in [2.75, 3.05) is 301 Å². The summed E-state index contributed by atoms with van der Waals surface area (Å²) in [5, 5.41) is 107. The minimum atomic E-state index is -2.08. The number of cyclic esters (lactones) is 3. The van der Waals surface area contributed by atoms with E-state index < -0.39 is 48.8 Å². The maximum atomic E-state index is 10.9. The number of quaternary nitrogens is 4. The zero-order chi connectivity index (χ0) is 101. The lowest BCUT2D eigenvalue weighted by atomic mass is 10.3. The van der Waals surface area contributed by atoms with Crippen molar-refractivity contribution in [3.8, 4) is 0 Å². The van der Waals surface area contributed by atoms with E-state index in [-0.39, 0.29) is 94.8 Å². The van der Waals surface area contributed by atoms with Crippen LogP contribution in [0.1, 0.15) is 19.3 Å². The van der Waals surface area contributed by atoms with Gasteiger partial charge in [0, 0.05) is 209 Å². The summed E-state index contributed by atoms with van der Waals surface area (Å²) in [5.74, 6) is -1.18. The summed E-state index contributed by atoms with van der Waals surface area (Å²) < 4.78 is 27.3. The normalized spacial score (nSPS) is 12.2. The number of amides is 15. The number of aliphatic hydroxyl groups is 1. The number of aliphatic hydroxyl groups excluding tert-OH is 1. The van der Waals surface area contributed by atoms with E-state index >= 15 is 0 Å². The van der Waals surface area contributed by atoms with Gasteiger partial charge in [-0.2, -0.15) is 0 Å². The predicted molar refractivity (Wildman–Crippen MR) is 453 cm³/mol. The highest BCUT2D eigenvalue weighted by molar-refractivity contribution is 5.77. The molecular formula is C65H155N34O30-. The summed E-state index contributed by atoms with van der Waals surface area (Å²) in [6.07, 6.45) is -9.03. The Hall–Kier alpha value is -11.7. The van der Waals surface area contributed by atoms with Crippen molar-refractivity contribution in [2.24, 2.45) is 80.3 Å². The van der Waals surface area contributed by atoms with Gasteiger partial charge in [0.15, 0.2) is 0 Å². The molecule has 0 aliphatic carbocycles. The number of β-amino-alcohol motifs (C(OH)–C–C–N with tert-alkyl or cyclic N) is 1. The van der Waals surface area contributed by atoms with Gasteiger partial charge < -0.3 is 290 Å². The molecule has 6 heterocycles. The quantitative estimate of drug-likeness (QED) is 0.0121. The van der Waals surface area contributed by atoms with E-state index in [0.717, 1.165) is 71.9 Å². The summed E-state index contributed by atoms with van der Waals surface area (Å²) in [4.78, 5) is 156. The molecule has 0 unspecified atom stereocenters. The van der Waals surface area contributed by atoms with Crippen LogP contribution in [0.25, 0.3) is 0 Å². The number of carboxylic acid groups (broad SMARTS) is 8. The zero-order valence-electron chi connectivity index (χ0n) is 73.9. The number of carboxylic acids is 1. The Labute approximate surface area is 749 Å². The molecule has 6 rings (SSSR count). The van der Waals surface area contributed by atoms with Crippen molar-refractivity contribution >= 4 is 91.2 Å². The molecule has 0 aromatic rings. The first-order valence-electron chi connectivity index (χ1n) is 39.8. The van der Waals surface area contributed by atoms with Gasteiger partial charge in [-0.3, -0.25) is 0 Å². The van der Waals surface area contributed by atoms with Crippen molar-refractivity contribution in [2.45, 2.75) is 19.3 Å². The van der Waals surface area contributed by atoms with Crippen molar-refractivity contribution in [3.63, 3.8) is 0 Å². The highest BCUT2D eigenvalue weighted by atomic mass is 16.7. The van der Waals surface area contributed by atoms with Gasteiger partial charge in [-0.15, -0.1) is 0 Å². The largest absolute Gasteiger partial charge is 0.565 e. The topological polar surface area (TPSA) is 1140 Å². The highest BCUT2D eigenvalue weighted by Crippen LogP contribution is 2.02. The first kappa shape index (κ1) is 143. The van der Waals surface area contributed by atoms with E-state index in [1.165, 1.54) is 0 Å². The van der Waals surface area contributed by atoms with E-state index in [9.17, 15) is 82.8 Å². The average Bonchev–Trinajstić information content (AvgIpc) is 1.82. The number of hydrogen-bond donors (Lipinski definition) is 33. The molecule has 0 aromatic carbocycles. The Balaban J connectivity index is -0.000000113. The third-order valence-corrected chi connectivity index (χ3v) is 11.7. The minimum Gasteiger partial charge on any atom is -0.565 e. The first-order chi connectivity index (χ1) is 61.4. The molecule has 0 radical (unpaired) electrons. The first-order valence-corrected chi connectivity index (χ1v) is 39.8. The standard InChI is InChI=1S/C7H15N3O2.C5H14N4O.C5H13N3O2.C5H11N3O.C5H12N2O3.2C5H10N2O2.C5H9NO4.2C3H8N2O2.C3H6N2O.C3H5NO2.C3H8N.3C2H8N2.2CH2O3/c8-1-2-9-3-4-10-5-6-12-7(10)11;6-1-3-8-5(10)9-4-2-7;6-1-3-8-5(9)10-4-2-7;6-1-3-8-4-2-7-5(8)9;6-1-3-9-5(8)10-4-2-7;6-1-2-7-3-4-9-5(7)8;8-4-3-7-2-1-6-5(7)9;7-4(8)2-1-3-6-5(9)10;2*4-1-2-5-3(6)7;6-3-4-1-2-5-3;5-3-4-1-2-6-3;1-2-3-4;3*3-1-2-4;2*2-1(3)4/h9H,1-6,8H2;1-4,6-7H2,(H2,8,9,10);1-4,6-7H2,(H,8,9);1-4,6H2,(H,7,9);1-4,6-7H2;1-4,6H2;8H,1-4H2,(H,6,9);6H,1-3H2,(H,7,8)(H,9,10);2*5H,1-2,4H2,(H,6,7);1-2H2,(H2,4,5,6);1-2H2,(H,4,5);4*1-4H2;2*(H2,2,3,4)/q;;;;;;;;;;;;+1;;;;;/p-2. The van der Waals surface area contributed by atoms with E-state index in [1.807, 2.05) is 16.0 Å². The van der Waals surface area contributed by atoms with Crippen LogP contribution in [0, 0.1) is 6.92 Å². The Morgan fingerprint density at radius 3 is 1.02 bits per heavy atom. The molecule has 766 valence electrons. The fraction of sp³-hybridized carbons (Fsp3) is 0.754. The van der Waals surface area contributed by atoms with Gasteiger partial charge in [0.25, 0.3) is 0 Å². The number of ether oxygens (including phenoxy) is 6. The van der Waals surface area contributed by atoms with Crippen LogP contribution in [0.2, 0.25) is 0 Å². The highest BCUT2D eigenvalue weighted by Gasteiger charge is 2.22. The van der Waals surface area contributed by atoms with Crippen LogP contribution in [0.5, 0.6) is 0 Å². The summed E-state index contributed by atoms with van der Waals surface area (Å²) >= 11 is 0. The number of nitrogens with zero attached hydrogens (tertiary/aromatic N) is 4. The van der Waals surface area contributed by atoms with E-state index in [4.69, 9.17) is 120 Å². The van der Waals surface area contributed by atoms with Crippen molar-refractivity contribution < 1.29 is 169 Å². The van der Waals surface area contributed by atoms with Crippen molar-refractivity contribution in [1.29, 1.82) is 0 Å². The van der Waals surface area contributed by atoms with Crippen LogP contribution in [-0.2, 0) is 33.2 Å². The number of aliphatic carboxylic acids is 1. The SMILES string of the molecule is NCCN1CCNC1=O.NCCN1CCOC1=O.NCCNC(=O)NCCN.NCCNC(=O)OCCN.NCCNC(=O)[O-].NCCNCCN1CCOC1=O.NCCOC(=O)OCCN.NCC[NH3+].NCC[NH3+].NCC[NH3+].O=C([O-])CCCNC(=O)[O-].O=C([O-])O.O=C([O-])O.O=C1NCCN1.O=C1NCCN1CCO.O=C1NCCO1.[CH2+]CCN.[NH3+]CCNC(=O)[O-]. The molecule has 6 saturated heterocycles. The van der Waals surface area contributed by atoms with Crippen molar-refractivity contribution in [3.05, 3.63) is 6.92 Å². The van der Waals surface area contributed by atoms with Crippen LogP contribution in [0.3, 0.4) is 0 Å². The average molecular weight is 1890 g/mol. The molecule has 0 aromatic heterocycles. The van der Waals surface area contributed by atoms with Crippen LogP contribution in [0.4, 0.5) is 67.1 Å². The number of carbonyl (C=O) groups is 15. The molecule has 0 atom stereocenters. The monoisotopic (exact) mass is 1890 g/mol. The van der Waals surface area contributed by atoms with Gasteiger partial charge in [-0.25, -0.2) is 43.2 Å². The maximum Gasteiger partial charge on any atom is 0.508 e. The second kappa shape index (κ2) is 123. The second-order valence-electron chi connectivity index (χ2n) is 22.5. The molecule has 6 fully saturated rings. The van der Waals surface area contributed by atoms with Gasteiger partial charge >= 0.3 is 54.7 Å². The summed E-state index contributed by atoms with van der Waals surface area (Å²) in [5.41, 5.74) is 84.9. The molecule has 55 N–H and O–H groups in total. The smallest absolute Gasteiger partial charge is 0.508 e. The molecule has 6 aliphatic rings. The molecular weight excluding hydrogens is 1740 g/mol. The lowest BCUT2D eigenvalue weighted by Gasteiger charge is -2.12. The van der Waals surface area contributed by atoms with E-state index in [2.05, 4.69) is 101 Å². The van der Waals surface area contributed by atoms with Crippen molar-refractivity contribution in [1.82, 2.24) is 83.4 Å². The Bertz CT molecular complexity index is 2370. The summed E-state index contributed by atoms with van der Waals surface area (Å²) in [6, 6.07) is -0.310. The number of alkyl carbamates (subject to hydrolysis) is 2. The Morgan fingerprint density at radius 1 is 0.395 bits per heavy atom. The van der Waals surface area contributed by atoms with Gasteiger partial charge in [0.05, 0.1) is 72.3 Å². The molecule has 15 amide bonds. The lowest BCUT2D eigenvalue weighted by Crippen LogP contribution is -2.56. The predicted octanol–water partition coefficient (Wildman–Crippen LogP) is -23.7. The van der Waals surface area contributed by atoms with E-state index in [0.29, 0.717) is 197 Å². The fourth-order valence-corrected chi connectivity index (χ4v) is 6.27. The number of hydrogen-bond acceptors (Lipinski definition) is 43. The van der Waals surface area contributed by atoms with Crippen LogP contribution < -0.4 is 198 Å². The zero-order valence-corrected chi connectivity index (χ0v) is 73.9. The molecule has 0 bridgehead atoms. The summed E-state index contributed by atoms with van der Waals surface area (Å²) in [7, 11) is 0. The molecule has 64 heteroatoms. The molecule has 0 saturated carbocycles. The van der Waals surface area contributed by atoms with Crippen LogP contribution in [0.15, 0.2) is 0 Å². The molecule has 6 aliphatic heterocycles. The number of urea groups is 4. The van der Waals surface area contributed by atoms with Gasteiger partial charge in [0.2, 0.25) is 12.3 Å². The third kappa shape index (κ3) is 151. The minimum absolute atomic E-state index is 0.0143. The Kier molecular flexibility index (Phi) is 136. The third-order valence-electron chi connectivity index (χ3n) is 11.7. The second-order valence-corrected chi connectivity index (χ2v) is 22.5. The molecule has 0 spiro atoms. The molecule has 64 nitrogen and oxygen atoms in total. The van der Waals surface area contributed by atoms with Gasteiger partial charge in [0.1, 0.15) is 57.9 Å². The number of nitrogens with two attached hydrogens (primary N) is 14. The van der Waals surface area contributed by atoms with Crippen LogP contribution in [-0.4, -0.2) is 428 Å². The number of carbonyl (C=O) groups excluding carboxylic acids is 13. The number of nitrogens with one attached hydrogen (secondary N) is 12. The maximum absolute atomic E-state index is 10.9. The van der Waals surface area contributed by atoms with Gasteiger partial charge in [-0.1, -0.05) is 0 Å². The lowest BCUT2D eigenvalue weighted by molar-refractivity contribution is -0.365. The van der Waals surface area contributed by atoms with Crippen LogP contribution >= 0.6 is 0 Å². The van der Waals surface area contributed by atoms with Gasteiger partial charge in [-0.05, 0) is 12.8 Å². The summed E-state index contributed by atoms with van der Waals surface area (Å²) in [6.45, 7) is 28.7. The Morgan fingerprint density at radius 2 is 0.760 bits per heavy atom. The van der Waals surface area contributed by atoms with E-state index in [1.54, 1.807) is 19.6 Å². The fourth-order valence-electron chi connectivity index (χ4n) is 6.27. The molecule has 129 heavy (non-hydrogen) atoms. The number of rotatable bonds is 35.